The molecule has 0 saturated heterocycles. The highest BCUT2D eigenvalue weighted by atomic mass is 16.7. The number of hydrogen-bond acceptors (Lipinski definition) is 5. The highest BCUT2D eigenvalue weighted by Gasteiger charge is 2.36. The van der Waals surface area contributed by atoms with Gasteiger partial charge in [0, 0.05) is 0 Å². The monoisotopic (exact) mass is 162 g/mol. The molecule has 0 bridgehead atoms. The third-order valence-electron chi connectivity index (χ3n) is 0.960. The van der Waals surface area contributed by atoms with E-state index in [1.165, 1.54) is 6.92 Å². The number of aliphatic hydroxyl groups excluding tert-OH is 1. The quantitative estimate of drug-likeness (QED) is 0.278. The molecule has 0 rings (SSSR count). The van der Waals surface area contributed by atoms with Crippen LogP contribution in [0.15, 0.2) is 11.8 Å². The Kier molecular flexibility index (Phi) is 2.97. The summed E-state index contributed by atoms with van der Waals surface area (Å²) in [6.07, 6.45) is -1.32. The summed E-state index contributed by atoms with van der Waals surface area (Å²) in [7, 11) is 0. The molecular weight excluding hydrogens is 156 g/mol. The smallest absolute Gasteiger partial charge is 0.501 e. The van der Waals surface area contributed by atoms with E-state index in [2.05, 4.69) is 0 Å². The predicted molar refractivity (Wildman–Crippen MR) is 34.2 cm³/mol. The molecule has 0 aromatic rings. The van der Waals surface area contributed by atoms with E-state index in [1.54, 1.807) is 0 Å². The van der Waals surface area contributed by atoms with Gasteiger partial charge in [-0.1, -0.05) is 0 Å². The molecule has 0 aliphatic carbocycles. The molecule has 7 nitrogen and oxygen atoms in total. The molecule has 0 heterocycles. The second-order valence-electron chi connectivity index (χ2n) is 1.66. The minimum absolute atomic E-state index is 0.861. The Balaban J connectivity index is 4.62. The average molecular weight is 162 g/mol. The summed E-state index contributed by atoms with van der Waals surface area (Å²) < 4.78 is 0. The Morgan fingerprint density at radius 3 is 1.91 bits per heavy atom. The zero-order valence-electron chi connectivity index (χ0n) is 5.63. The molecule has 0 aromatic carbocycles. The topological polar surface area (TPSA) is 107 Å². The third kappa shape index (κ3) is 2.20. The van der Waals surface area contributed by atoms with Gasteiger partial charge in [-0.05, 0) is 13.0 Å². The van der Waals surface area contributed by atoms with Crippen LogP contribution in [-0.2, 0) is 0 Å². The summed E-state index contributed by atoms with van der Waals surface area (Å²) in [5, 5.41) is 28.4. The van der Waals surface area contributed by atoms with Crippen LogP contribution in [0.4, 0.5) is 0 Å². The normalized spacial score (nSPS) is 11.6. The third-order valence-corrected chi connectivity index (χ3v) is 0.960. The molecule has 0 aliphatic heterocycles. The van der Waals surface area contributed by atoms with Gasteiger partial charge >= 0.3 is 6.17 Å². The number of aliphatic hydroxyl groups is 1. The second-order valence-corrected chi connectivity index (χ2v) is 1.66. The van der Waals surface area contributed by atoms with Gasteiger partial charge in [0.15, 0.2) is 0 Å². The van der Waals surface area contributed by atoms with Crippen LogP contribution in [0.25, 0.3) is 0 Å². The summed E-state index contributed by atoms with van der Waals surface area (Å²) in [4.78, 5) is 17.5. The van der Waals surface area contributed by atoms with E-state index >= 15 is 0 Å². The molecule has 0 aromatic heterocycles. The van der Waals surface area contributed by atoms with Gasteiger partial charge < -0.3 is 5.11 Å². The van der Waals surface area contributed by atoms with E-state index in [0.29, 0.717) is 0 Å². The van der Waals surface area contributed by atoms with Gasteiger partial charge in [0.25, 0.3) is 0 Å². The zero-order chi connectivity index (χ0) is 9.02. The molecule has 0 fully saturated rings. The van der Waals surface area contributed by atoms with Crippen molar-refractivity contribution in [1.82, 2.24) is 0 Å². The van der Waals surface area contributed by atoms with Crippen molar-refractivity contribution in [3.8, 4) is 0 Å². The molecule has 11 heavy (non-hydrogen) atoms. The Bertz CT molecular complexity index is 197. The zero-order valence-corrected chi connectivity index (χ0v) is 5.63. The molecule has 0 saturated carbocycles. The molecule has 62 valence electrons. The van der Waals surface area contributed by atoms with Crippen molar-refractivity contribution in [3.05, 3.63) is 32.1 Å². The van der Waals surface area contributed by atoms with Crippen molar-refractivity contribution in [2.75, 3.05) is 0 Å². The lowest BCUT2D eigenvalue weighted by molar-refractivity contribution is -0.734. The highest BCUT2D eigenvalue weighted by molar-refractivity contribution is 4.90. The number of rotatable bonds is 3. The van der Waals surface area contributed by atoms with E-state index in [-0.39, 0.29) is 0 Å². The van der Waals surface area contributed by atoms with Crippen LogP contribution in [0.3, 0.4) is 0 Å². The van der Waals surface area contributed by atoms with Crippen LogP contribution in [0, 0.1) is 20.2 Å². The van der Waals surface area contributed by atoms with Crippen LogP contribution in [0.5, 0.6) is 0 Å². The van der Waals surface area contributed by atoms with Gasteiger partial charge in [0.2, 0.25) is 5.76 Å². The van der Waals surface area contributed by atoms with Crippen molar-refractivity contribution in [2.45, 2.75) is 13.1 Å². The maximum atomic E-state index is 9.90. The van der Waals surface area contributed by atoms with Crippen LogP contribution in [-0.4, -0.2) is 21.1 Å². The van der Waals surface area contributed by atoms with Gasteiger partial charge in [0.1, 0.15) is 9.85 Å². The van der Waals surface area contributed by atoms with Crippen molar-refractivity contribution in [3.63, 3.8) is 0 Å². The summed E-state index contributed by atoms with van der Waals surface area (Å²) in [5.41, 5.74) is 0. The Morgan fingerprint density at radius 2 is 1.82 bits per heavy atom. The minimum atomic E-state index is -2.24. The fourth-order valence-corrected chi connectivity index (χ4v) is 0.442. The van der Waals surface area contributed by atoms with Gasteiger partial charge in [-0.25, -0.2) is 0 Å². The minimum Gasteiger partial charge on any atom is -0.501 e. The van der Waals surface area contributed by atoms with Crippen molar-refractivity contribution in [1.29, 1.82) is 0 Å². The highest BCUT2D eigenvalue weighted by Crippen LogP contribution is 2.02. The molecule has 0 unspecified atom stereocenters. The van der Waals surface area contributed by atoms with Crippen LogP contribution in [0.1, 0.15) is 6.92 Å². The molecule has 7 heteroatoms. The number of nitro groups is 2. The molecule has 0 spiro atoms. The first kappa shape index (κ1) is 9.34. The molecule has 0 atom stereocenters. The Labute approximate surface area is 61.2 Å². The van der Waals surface area contributed by atoms with Crippen LogP contribution >= 0.6 is 0 Å². The van der Waals surface area contributed by atoms with Crippen molar-refractivity contribution < 1.29 is 15.0 Å². The summed E-state index contributed by atoms with van der Waals surface area (Å²) >= 11 is 0. The maximum Gasteiger partial charge on any atom is 0.506 e. The first-order chi connectivity index (χ1) is 5.00. The Hall–Kier alpha value is -1.66. The lowest BCUT2D eigenvalue weighted by Gasteiger charge is -1.98. The van der Waals surface area contributed by atoms with Gasteiger partial charge in [0.05, 0.1) is 0 Å². The van der Waals surface area contributed by atoms with Crippen molar-refractivity contribution >= 4 is 0 Å². The molecule has 0 aliphatic rings. The first-order valence-corrected chi connectivity index (χ1v) is 2.63. The molecule has 0 amide bonds. The number of nitrogens with zero attached hydrogens (tertiary/aromatic N) is 2. The van der Waals surface area contributed by atoms with E-state index in [9.17, 15) is 20.2 Å². The second kappa shape index (κ2) is 3.49. The van der Waals surface area contributed by atoms with E-state index < -0.39 is 21.8 Å². The first-order valence-electron chi connectivity index (χ1n) is 2.63. The fourth-order valence-electron chi connectivity index (χ4n) is 0.442. The van der Waals surface area contributed by atoms with E-state index in [4.69, 9.17) is 5.11 Å². The average Bonchev–Trinajstić information content (AvgIpc) is 1.85. The van der Waals surface area contributed by atoms with Crippen LogP contribution in [0.2, 0.25) is 0 Å². The summed E-state index contributed by atoms with van der Waals surface area (Å²) in [6, 6.07) is 0. The summed E-state index contributed by atoms with van der Waals surface area (Å²) in [6.45, 7) is 1.27. The maximum absolute atomic E-state index is 9.90. The largest absolute Gasteiger partial charge is 0.506 e. The van der Waals surface area contributed by atoms with E-state index in [0.717, 1.165) is 6.08 Å². The lowest BCUT2D eigenvalue weighted by atomic mass is 10.4. The molecular formula is C4H6N2O5. The number of hydrogen-bond donors (Lipinski definition) is 1. The summed E-state index contributed by atoms with van der Waals surface area (Å²) in [5.74, 6) is -0.861. The van der Waals surface area contributed by atoms with Crippen LogP contribution < -0.4 is 0 Å². The van der Waals surface area contributed by atoms with Crippen molar-refractivity contribution in [2.24, 2.45) is 0 Å². The van der Waals surface area contributed by atoms with Gasteiger partial charge in [-0.2, -0.15) is 0 Å². The van der Waals surface area contributed by atoms with Gasteiger partial charge in [-0.15, -0.1) is 0 Å². The fraction of sp³-hybridized carbons (Fsp3) is 0.500. The molecule has 0 radical (unpaired) electrons. The SMILES string of the molecule is CC=C(O)C([N+](=O)[O-])[N+](=O)[O-]. The standard InChI is InChI=1S/C4H6N2O5/c1-2-3(7)4(5(8)9)6(10)11/h2,4,7H,1H3. The predicted octanol–water partition coefficient (Wildman–Crippen LogP) is 0.328. The number of allylic oxidation sites excluding steroid dienone is 1. The molecule has 1 N–H and O–H groups in total. The van der Waals surface area contributed by atoms with E-state index in [1.807, 2.05) is 0 Å². The lowest BCUT2D eigenvalue weighted by Crippen LogP contribution is -2.30. The Morgan fingerprint density at radius 1 is 1.45 bits per heavy atom. The van der Waals surface area contributed by atoms with Gasteiger partial charge in [-0.3, -0.25) is 20.2 Å².